The van der Waals surface area contributed by atoms with E-state index in [-0.39, 0.29) is 5.84 Å². The fourth-order valence-corrected chi connectivity index (χ4v) is 2.97. The highest BCUT2D eigenvalue weighted by atomic mass is 35.5. The van der Waals surface area contributed by atoms with Gasteiger partial charge >= 0.3 is 0 Å². The van der Waals surface area contributed by atoms with Crippen molar-refractivity contribution in [3.05, 3.63) is 44.7 Å². The first-order chi connectivity index (χ1) is 9.51. The summed E-state index contributed by atoms with van der Waals surface area (Å²) in [6.07, 6.45) is 0. The number of amidine groups is 1. The molecule has 0 spiro atoms. The molecule has 20 heavy (non-hydrogen) atoms. The molecule has 3 N–H and O–H groups in total. The summed E-state index contributed by atoms with van der Waals surface area (Å²) in [5.41, 5.74) is 7.16. The maximum atomic E-state index is 8.86. The van der Waals surface area contributed by atoms with E-state index in [2.05, 4.69) is 10.1 Å². The number of hydrogen-bond acceptors (Lipinski definition) is 5. The van der Waals surface area contributed by atoms with E-state index in [1.165, 1.54) is 11.3 Å². The molecule has 0 unspecified atom stereocenters. The Morgan fingerprint density at radius 1 is 1.45 bits per heavy atom. The molecule has 0 aliphatic heterocycles. The highest BCUT2D eigenvalue weighted by Gasteiger charge is 2.14. The lowest BCUT2D eigenvalue weighted by Gasteiger charge is -2.20. The van der Waals surface area contributed by atoms with Gasteiger partial charge in [-0.25, -0.2) is 4.98 Å². The second kappa shape index (κ2) is 6.11. The number of hydrogen-bond donors (Lipinski definition) is 2. The Labute approximate surface area is 126 Å². The molecule has 2 aromatic heterocycles. The van der Waals surface area contributed by atoms with Gasteiger partial charge in [0, 0.05) is 17.6 Å². The zero-order valence-corrected chi connectivity index (χ0v) is 12.7. The smallest absolute Gasteiger partial charge is 0.173 e. The van der Waals surface area contributed by atoms with Crippen molar-refractivity contribution >= 4 is 34.6 Å². The second-order valence-corrected chi connectivity index (χ2v) is 6.17. The number of nitrogens with zero attached hydrogens (tertiary/aromatic N) is 3. The third kappa shape index (κ3) is 3.20. The number of pyridine rings is 1. The number of nitrogens with two attached hydrogens (primary N) is 1. The van der Waals surface area contributed by atoms with E-state index < -0.39 is 0 Å². The van der Waals surface area contributed by atoms with Crippen molar-refractivity contribution < 1.29 is 5.21 Å². The maximum Gasteiger partial charge on any atom is 0.173 e. The summed E-state index contributed by atoms with van der Waals surface area (Å²) < 4.78 is 0.752. The minimum atomic E-state index is 0.0450. The van der Waals surface area contributed by atoms with Crippen molar-refractivity contribution in [3.63, 3.8) is 0 Å². The van der Waals surface area contributed by atoms with Crippen molar-refractivity contribution in [1.82, 2.24) is 4.98 Å². The molecule has 0 saturated heterocycles. The van der Waals surface area contributed by atoms with Crippen molar-refractivity contribution in [2.75, 3.05) is 11.9 Å². The molecule has 5 nitrogen and oxygen atoms in total. The highest BCUT2D eigenvalue weighted by molar-refractivity contribution is 7.16. The fourth-order valence-electron chi connectivity index (χ4n) is 1.83. The molecule has 0 atom stereocenters. The van der Waals surface area contributed by atoms with Gasteiger partial charge in [0.05, 0.1) is 16.4 Å². The number of thiophene rings is 1. The summed E-state index contributed by atoms with van der Waals surface area (Å²) in [5, 5.41) is 11.9. The topological polar surface area (TPSA) is 74.7 Å². The minimum Gasteiger partial charge on any atom is -0.409 e. The predicted molar refractivity (Wildman–Crippen MR) is 82.9 cm³/mol. The lowest BCUT2D eigenvalue weighted by Crippen LogP contribution is -2.23. The largest absolute Gasteiger partial charge is 0.409 e. The summed E-state index contributed by atoms with van der Waals surface area (Å²) in [5.74, 6) is 0.716. The molecule has 2 rings (SSSR count). The van der Waals surface area contributed by atoms with Crippen LogP contribution < -0.4 is 10.6 Å². The van der Waals surface area contributed by atoms with E-state index in [0.717, 1.165) is 14.9 Å². The Kier molecular flexibility index (Phi) is 4.46. The molecule has 0 saturated carbocycles. The van der Waals surface area contributed by atoms with Gasteiger partial charge in [-0.1, -0.05) is 16.8 Å². The van der Waals surface area contributed by atoms with Crippen LogP contribution in [0.2, 0.25) is 4.34 Å². The molecule has 0 bridgehead atoms. The summed E-state index contributed by atoms with van der Waals surface area (Å²) >= 11 is 7.45. The van der Waals surface area contributed by atoms with Gasteiger partial charge in [-0.15, -0.1) is 11.3 Å². The number of aryl methyl sites for hydroxylation is 1. The zero-order chi connectivity index (χ0) is 14.7. The summed E-state index contributed by atoms with van der Waals surface area (Å²) in [4.78, 5) is 7.53. The monoisotopic (exact) mass is 310 g/mol. The maximum absolute atomic E-state index is 8.86. The van der Waals surface area contributed by atoms with E-state index in [0.29, 0.717) is 17.9 Å². The van der Waals surface area contributed by atoms with Crippen LogP contribution in [0.5, 0.6) is 0 Å². The predicted octanol–water partition coefficient (Wildman–Crippen LogP) is 2.84. The van der Waals surface area contributed by atoms with Crippen molar-refractivity contribution in [2.24, 2.45) is 10.9 Å². The Morgan fingerprint density at radius 3 is 2.80 bits per heavy atom. The minimum absolute atomic E-state index is 0.0450. The van der Waals surface area contributed by atoms with E-state index >= 15 is 0 Å². The van der Waals surface area contributed by atoms with Gasteiger partial charge in [0.2, 0.25) is 0 Å². The van der Waals surface area contributed by atoms with E-state index in [1.54, 1.807) is 6.07 Å². The summed E-state index contributed by atoms with van der Waals surface area (Å²) in [6, 6.07) is 7.46. The van der Waals surface area contributed by atoms with Gasteiger partial charge in [0.1, 0.15) is 5.82 Å². The SMILES string of the molecule is Cc1ccc(C(N)=NO)c(N(C)Cc2ccc(Cl)s2)n1. The molecular weight excluding hydrogens is 296 g/mol. The average molecular weight is 311 g/mol. The van der Waals surface area contributed by atoms with Crippen LogP contribution >= 0.6 is 22.9 Å². The van der Waals surface area contributed by atoms with Crippen LogP contribution in [-0.2, 0) is 6.54 Å². The van der Waals surface area contributed by atoms with Crippen molar-refractivity contribution in [2.45, 2.75) is 13.5 Å². The molecule has 0 amide bonds. The molecule has 106 valence electrons. The quantitative estimate of drug-likeness (QED) is 0.394. The third-order valence-corrected chi connectivity index (χ3v) is 4.00. The number of aromatic nitrogens is 1. The van der Waals surface area contributed by atoms with Crippen LogP contribution in [0, 0.1) is 6.92 Å². The second-order valence-electron chi connectivity index (χ2n) is 4.37. The Morgan fingerprint density at radius 2 is 2.20 bits per heavy atom. The van der Waals surface area contributed by atoms with E-state index in [4.69, 9.17) is 22.5 Å². The van der Waals surface area contributed by atoms with Crippen LogP contribution in [0.25, 0.3) is 0 Å². The van der Waals surface area contributed by atoms with Crippen LogP contribution in [0.15, 0.2) is 29.4 Å². The molecule has 0 radical (unpaired) electrons. The number of oxime groups is 1. The first kappa shape index (κ1) is 14.6. The number of anilines is 1. The molecule has 7 heteroatoms. The lowest BCUT2D eigenvalue weighted by atomic mass is 10.2. The Balaban J connectivity index is 2.32. The standard InChI is InChI=1S/C13H15ClN4OS/c1-8-3-5-10(12(15)17-19)13(16-8)18(2)7-9-4-6-11(14)20-9/h3-6,19H,7H2,1-2H3,(H2,15,17). The molecule has 0 aliphatic carbocycles. The van der Waals surface area contributed by atoms with Crippen LogP contribution in [0.1, 0.15) is 16.1 Å². The molecule has 0 aliphatic rings. The number of rotatable bonds is 4. The summed E-state index contributed by atoms with van der Waals surface area (Å²) in [7, 11) is 1.91. The van der Waals surface area contributed by atoms with E-state index in [1.807, 2.05) is 37.1 Å². The first-order valence-electron chi connectivity index (χ1n) is 5.92. The molecule has 2 heterocycles. The van der Waals surface area contributed by atoms with Crippen molar-refractivity contribution in [3.8, 4) is 0 Å². The van der Waals surface area contributed by atoms with Crippen LogP contribution in [0.4, 0.5) is 5.82 Å². The van der Waals surface area contributed by atoms with Gasteiger partial charge in [-0.05, 0) is 31.2 Å². The molecule has 0 aromatic carbocycles. The third-order valence-electron chi connectivity index (χ3n) is 2.78. The number of halogens is 1. The molecule has 0 fully saturated rings. The van der Waals surface area contributed by atoms with Gasteiger partial charge in [-0.3, -0.25) is 0 Å². The van der Waals surface area contributed by atoms with Gasteiger partial charge in [-0.2, -0.15) is 0 Å². The molecule has 2 aromatic rings. The Bertz CT molecular complexity index is 641. The normalized spacial score (nSPS) is 11.7. The van der Waals surface area contributed by atoms with Crippen LogP contribution in [0.3, 0.4) is 0 Å². The van der Waals surface area contributed by atoms with E-state index in [9.17, 15) is 0 Å². The van der Waals surface area contributed by atoms with Gasteiger partial charge < -0.3 is 15.8 Å². The first-order valence-corrected chi connectivity index (χ1v) is 7.11. The summed E-state index contributed by atoms with van der Waals surface area (Å²) in [6.45, 7) is 2.55. The van der Waals surface area contributed by atoms with Crippen LogP contribution in [-0.4, -0.2) is 23.1 Å². The fraction of sp³-hybridized carbons (Fsp3) is 0.231. The Hall–Kier alpha value is -1.79. The van der Waals surface area contributed by atoms with Gasteiger partial charge in [0.15, 0.2) is 5.84 Å². The zero-order valence-electron chi connectivity index (χ0n) is 11.2. The van der Waals surface area contributed by atoms with Crippen molar-refractivity contribution in [1.29, 1.82) is 0 Å². The van der Waals surface area contributed by atoms with Gasteiger partial charge in [0.25, 0.3) is 0 Å². The lowest BCUT2D eigenvalue weighted by molar-refractivity contribution is 0.318. The highest BCUT2D eigenvalue weighted by Crippen LogP contribution is 2.25. The molecular formula is C13H15ClN4OS. The average Bonchev–Trinajstić information content (AvgIpc) is 2.83.